The second-order valence-corrected chi connectivity index (χ2v) is 8.95. The fraction of sp³-hybridized carbons (Fsp3) is 0.667. The molecule has 3 nitrogen and oxygen atoms in total. The topological polar surface area (TPSA) is 35.5 Å². The zero-order valence-corrected chi connectivity index (χ0v) is 16.7. The van der Waals surface area contributed by atoms with Crippen LogP contribution in [-0.2, 0) is 12.7 Å². The van der Waals surface area contributed by atoms with Gasteiger partial charge in [-0.1, -0.05) is 43.9 Å². The zero-order chi connectivity index (χ0) is 20.0. The number of rotatable bonds is 2. The highest BCUT2D eigenvalue weighted by molar-refractivity contribution is 7.80. The van der Waals surface area contributed by atoms with Crippen molar-refractivity contribution in [1.82, 2.24) is 10.2 Å². The van der Waals surface area contributed by atoms with Gasteiger partial charge in [-0.05, 0) is 56.0 Å². The molecule has 0 bridgehead atoms. The minimum atomic E-state index is -4.43. The van der Waals surface area contributed by atoms with Gasteiger partial charge in [-0.15, -0.1) is 0 Å². The second-order valence-electron chi connectivity index (χ2n) is 8.56. The predicted molar refractivity (Wildman–Crippen MR) is 105 cm³/mol. The molecule has 1 aromatic carbocycles. The third-order valence-electron chi connectivity index (χ3n) is 6.98. The molecule has 28 heavy (non-hydrogen) atoms. The summed E-state index contributed by atoms with van der Waals surface area (Å²) >= 11 is 5.63. The highest BCUT2D eigenvalue weighted by Crippen LogP contribution is 2.51. The van der Waals surface area contributed by atoms with E-state index < -0.39 is 17.5 Å². The van der Waals surface area contributed by atoms with Crippen LogP contribution >= 0.6 is 12.2 Å². The Kier molecular flexibility index (Phi) is 5.11. The first-order valence-corrected chi connectivity index (χ1v) is 10.6. The lowest BCUT2D eigenvalue weighted by Crippen LogP contribution is -2.75. The van der Waals surface area contributed by atoms with Crippen LogP contribution < -0.4 is 5.32 Å². The zero-order valence-electron chi connectivity index (χ0n) is 15.9. The molecular weight excluding hydrogens is 385 g/mol. The molecule has 1 saturated heterocycles. The van der Waals surface area contributed by atoms with E-state index >= 15 is 0 Å². The quantitative estimate of drug-likeness (QED) is 0.672. The average molecular weight is 413 g/mol. The average Bonchev–Trinajstić information content (AvgIpc) is 2.65. The van der Waals surface area contributed by atoms with E-state index in [0.29, 0.717) is 11.5 Å². The van der Waals surface area contributed by atoms with E-state index in [9.17, 15) is 18.3 Å². The molecule has 1 heterocycles. The van der Waals surface area contributed by atoms with Gasteiger partial charge in [0.15, 0.2) is 5.11 Å². The fourth-order valence-corrected chi connectivity index (χ4v) is 6.12. The number of fused-ring (bicyclic) bond motifs is 2. The number of aliphatic hydroxyl groups is 1. The highest BCUT2D eigenvalue weighted by atomic mass is 32.1. The van der Waals surface area contributed by atoms with E-state index in [4.69, 9.17) is 12.2 Å². The third-order valence-corrected chi connectivity index (χ3v) is 7.30. The largest absolute Gasteiger partial charge is 0.416 e. The maximum atomic E-state index is 13.5. The molecule has 0 radical (unpaired) electrons. The van der Waals surface area contributed by atoms with Crippen LogP contribution in [0.2, 0.25) is 0 Å². The Hall–Kier alpha value is -1.34. The molecule has 154 valence electrons. The molecule has 0 aromatic heterocycles. The number of hydrogen-bond donors (Lipinski definition) is 2. The minimum absolute atomic E-state index is 0.0150. The summed E-state index contributed by atoms with van der Waals surface area (Å²) < 4.78 is 40.5. The maximum Gasteiger partial charge on any atom is 0.416 e. The molecule has 1 aliphatic heterocycles. The smallest absolute Gasteiger partial charge is 0.370 e. The molecule has 3 aliphatic rings. The van der Waals surface area contributed by atoms with Gasteiger partial charge in [-0.3, -0.25) is 0 Å². The minimum Gasteiger partial charge on any atom is -0.370 e. The monoisotopic (exact) mass is 412 g/mol. The van der Waals surface area contributed by atoms with E-state index in [-0.39, 0.29) is 23.6 Å². The summed E-state index contributed by atoms with van der Waals surface area (Å²) in [5, 5.41) is 15.7. The first-order valence-electron chi connectivity index (χ1n) is 10.2. The van der Waals surface area contributed by atoms with Gasteiger partial charge in [-0.25, -0.2) is 0 Å². The summed E-state index contributed by atoms with van der Waals surface area (Å²) in [5.74, 6) is -0.0150. The number of nitrogens with one attached hydrogen (secondary N) is 1. The van der Waals surface area contributed by atoms with Crippen molar-refractivity contribution in [3.8, 4) is 0 Å². The molecule has 4 rings (SSSR count). The molecule has 2 atom stereocenters. The van der Waals surface area contributed by atoms with Crippen LogP contribution in [0.25, 0.3) is 0 Å². The van der Waals surface area contributed by atoms with Gasteiger partial charge in [0.25, 0.3) is 0 Å². The Bertz CT molecular complexity index is 747. The van der Waals surface area contributed by atoms with Crippen LogP contribution in [0.4, 0.5) is 13.2 Å². The molecule has 3 fully saturated rings. The lowest BCUT2D eigenvalue weighted by atomic mass is 9.62. The lowest BCUT2D eigenvalue weighted by molar-refractivity contribution is -0.185. The van der Waals surface area contributed by atoms with Gasteiger partial charge >= 0.3 is 6.18 Å². The fourth-order valence-electron chi connectivity index (χ4n) is 5.69. The van der Waals surface area contributed by atoms with Crippen molar-refractivity contribution < 1.29 is 18.3 Å². The Morgan fingerprint density at radius 2 is 1.75 bits per heavy atom. The second kappa shape index (κ2) is 7.17. The molecule has 2 aliphatic carbocycles. The summed E-state index contributed by atoms with van der Waals surface area (Å²) in [6.07, 6.45) is 4.21. The van der Waals surface area contributed by atoms with Gasteiger partial charge in [0.05, 0.1) is 5.56 Å². The maximum absolute atomic E-state index is 13.5. The highest BCUT2D eigenvalue weighted by Gasteiger charge is 2.58. The molecule has 0 amide bonds. The van der Waals surface area contributed by atoms with Gasteiger partial charge in [0.1, 0.15) is 5.72 Å². The molecule has 2 N–H and O–H groups in total. The van der Waals surface area contributed by atoms with E-state index in [1.807, 2.05) is 0 Å². The van der Waals surface area contributed by atoms with Crippen LogP contribution in [-0.4, -0.2) is 26.4 Å². The summed E-state index contributed by atoms with van der Waals surface area (Å²) in [4.78, 5) is 1.64. The first-order chi connectivity index (χ1) is 13.3. The van der Waals surface area contributed by atoms with E-state index in [2.05, 4.69) is 5.32 Å². The molecular formula is C21H27F3N2OS. The normalized spacial score (nSPS) is 30.1. The molecule has 1 aromatic rings. The third kappa shape index (κ3) is 3.30. The Balaban J connectivity index is 1.70. The summed E-state index contributed by atoms with van der Waals surface area (Å²) in [7, 11) is 0. The van der Waals surface area contributed by atoms with Crippen molar-refractivity contribution in [3.05, 3.63) is 35.4 Å². The standard InChI is InChI=1S/C21H27F3N2OS/c22-21(23,24)16-9-3-2-8-15(16)14-26-18(28)25-19(11-5-1-6-12-19)17-10-4-7-13-20(17,26)27/h2-3,8-9,17,27H,1,4-7,10-14H2,(H,25,28)/t17-,20+/m0/s1. The molecule has 7 heteroatoms. The number of thiocarbonyl (C=S) groups is 1. The number of alkyl halides is 3. The van der Waals surface area contributed by atoms with Crippen LogP contribution in [0.3, 0.4) is 0 Å². The van der Waals surface area contributed by atoms with Crippen molar-refractivity contribution in [2.24, 2.45) is 5.92 Å². The van der Waals surface area contributed by atoms with E-state index in [0.717, 1.165) is 51.0 Å². The Morgan fingerprint density at radius 1 is 1.07 bits per heavy atom. The van der Waals surface area contributed by atoms with Crippen molar-refractivity contribution in [2.75, 3.05) is 0 Å². The molecule has 1 spiro atoms. The Morgan fingerprint density at radius 3 is 2.46 bits per heavy atom. The summed E-state index contributed by atoms with van der Waals surface area (Å²) in [5.41, 5.74) is -1.91. The van der Waals surface area contributed by atoms with Crippen LogP contribution in [0.15, 0.2) is 24.3 Å². The lowest BCUT2D eigenvalue weighted by Gasteiger charge is -2.61. The predicted octanol–water partition coefficient (Wildman–Crippen LogP) is 4.98. The SMILES string of the molecule is O[C@]12CCCC[C@H]1C1(CCCCC1)NC(=S)N2Cc1ccccc1C(F)(F)F. The van der Waals surface area contributed by atoms with Crippen molar-refractivity contribution in [1.29, 1.82) is 0 Å². The summed E-state index contributed by atoms with van der Waals surface area (Å²) in [6, 6.07) is 5.59. The number of hydrogen-bond acceptors (Lipinski definition) is 2. The van der Waals surface area contributed by atoms with Crippen LogP contribution in [0, 0.1) is 5.92 Å². The van der Waals surface area contributed by atoms with Crippen LogP contribution in [0.1, 0.15) is 68.9 Å². The van der Waals surface area contributed by atoms with Crippen molar-refractivity contribution >= 4 is 17.3 Å². The van der Waals surface area contributed by atoms with Gasteiger partial charge in [0, 0.05) is 18.0 Å². The van der Waals surface area contributed by atoms with Crippen molar-refractivity contribution in [3.63, 3.8) is 0 Å². The van der Waals surface area contributed by atoms with Gasteiger partial charge in [-0.2, -0.15) is 13.2 Å². The van der Waals surface area contributed by atoms with Gasteiger partial charge in [0.2, 0.25) is 0 Å². The number of nitrogens with zero attached hydrogens (tertiary/aromatic N) is 1. The number of benzene rings is 1. The van der Waals surface area contributed by atoms with Crippen LogP contribution in [0.5, 0.6) is 0 Å². The van der Waals surface area contributed by atoms with E-state index in [1.54, 1.807) is 11.0 Å². The van der Waals surface area contributed by atoms with Crippen molar-refractivity contribution in [2.45, 2.75) is 81.8 Å². The molecule has 2 saturated carbocycles. The van der Waals surface area contributed by atoms with E-state index in [1.165, 1.54) is 18.6 Å². The first kappa shape index (κ1) is 20.0. The molecule has 0 unspecified atom stereocenters. The van der Waals surface area contributed by atoms with Gasteiger partial charge < -0.3 is 15.3 Å². The number of halogens is 3. The summed E-state index contributed by atoms with van der Waals surface area (Å²) in [6.45, 7) is -0.0371. The Labute approximate surface area is 169 Å².